The Labute approximate surface area is 293 Å². The lowest BCUT2D eigenvalue weighted by molar-refractivity contribution is -0.158. The van der Waals surface area contributed by atoms with Crippen LogP contribution in [0.1, 0.15) is 32.3 Å². The molecule has 14 heteroatoms. The summed E-state index contributed by atoms with van der Waals surface area (Å²) in [6, 6.07) is -0.473. The number of amides is 1. The van der Waals surface area contributed by atoms with Gasteiger partial charge in [0.2, 0.25) is 23.2 Å². The summed E-state index contributed by atoms with van der Waals surface area (Å²) >= 11 is 0. The molecule has 1 aromatic carbocycles. The van der Waals surface area contributed by atoms with E-state index in [1.807, 2.05) is 0 Å². The fourth-order valence-electron chi connectivity index (χ4n) is 8.00. The van der Waals surface area contributed by atoms with Crippen molar-refractivity contribution in [2.75, 3.05) is 49.2 Å². The predicted octanol–water partition coefficient (Wildman–Crippen LogP) is 2.06. The number of methoxy groups -OCH3 is 5. The maximum atomic E-state index is 14.4. The van der Waals surface area contributed by atoms with Crippen LogP contribution in [0.2, 0.25) is 0 Å². The average molecular weight is 703 g/mol. The highest BCUT2D eigenvalue weighted by Gasteiger charge is 2.59. The normalized spacial score (nSPS) is 24.9. The summed E-state index contributed by atoms with van der Waals surface area (Å²) in [6.07, 6.45) is 2.47. The maximum Gasteiger partial charge on any atom is 0.330 e. The third kappa shape index (κ3) is 5.27. The Morgan fingerprint density at radius 2 is 1.35 bits per heavy atom. The summed E-state index contributed by atoms with van der Waals surface area (Å²) in [5.74, 6) is -2.36. The van der Waals surface area contributed by atoms with Crippen LogP contribution in [0.5, 0.6) is 17.2 Å². The van der Waals surface area contributed by atoms with Gasteiger partial charge in [0, 0.05) is 51.5 Å². The Hall–Kier alpha value is -5.50. The van der Waals surface area contributed by atoms with Gasteiger partial charge in [0.15, 0.2) is 34.6 Å². The van der Waals surface area contributed by atoms with Gasteiger partial charge < -0.3 is 33.3 Å². The van der Waals surface area contributed by atoms with E-state index in [9.17, 15) is 28.8 Å². The molecule has 3 aliphatic heterocycles. The van der Waals surface area contributed by atoms with E-state index in [0.29, 0.717) is 22.8 Å². The molecule has 51 heavy (non-hydrogen) atoms. The van der Waals surface area contributed by atoms with Crippen molar-refractivity contribution in [3.05, 3.63) is 68.7 Å². The summed E-state index contributed by atoms with van der Waals surface area (Å²) in [6.45, 7) is 2.50. The quantitative estimate of drug-likeness (QED) is 0.209. The molecule has 1 aromatic rings. The van der Waals surface area contributed by atoms with E-state index in [-0.39, 0.29) is 63.6 Å². The van der Waals surface area contributed by atoms with Crippen LogP contribution in [0.3, 0.4) is 0 Å². The smallest absolute Gasteiger partial charge is 0.330 e. The summed E-state index contributed by atoms with van der Waals surface area (Å²) in [5.41, 5.74) is 1.28. The van der Waals surface area contributed by atoms with Crippen LogP contribution >= 0.6 is 0 Å². The zero-order chi connectivity index (χ0) is 37.0. The van der Waals surface area contributed by atoms with E-state index in [1.54, 1.807) is 24.1 Å². The van der Waals surface area contributed by atoms with Crippen LogP contribution in [-0.4, -0.2) is 118 Å². The molecule has 2 aliphatic carbocycles. The molecule has 3 heterocycles. The second-order valence-corrected chi connectivity index (χ2v) is 12.7. The predicted molar refractivity (Wildman–Crippen MR) is 179 cm³/mol. The van der Waals surface area contributed by atoms with Crippen molar-refractivity contribution in [1.29, 1.82) is 0 Å². The van der Waals surface area contributed by atoms with Crippen LogP contribution in [0.25, 0.3) is 6.08 Å². The molecule has 0 saturated carbocycles. The van der Waals surface area contributed by atoms with Crippen LogP contribution in [0, 0.1) is 0 Å². The number of Topliss-reactive ketones (excluding diaryl/α,β-unsaturated/α-hetero) is 4. The van der Waals surface area contributed by atoms with Gasteiger partial charge in [-0.15, -0.1) is 0 Å². The first-order valence-corrected chi connectivity index (χ1v) is 16.2. The molecule has 14 nitrogen and oxygen atoms in total. The third-order valence-electron chi connectivity index (χ3n) is 10.4. The lowest BCUT2D eigenvalue weighted by atomic mass is 9.69. The number of esters is 1. The third-order valence-corrected chi connectivity index (χ3v) is 10.4. The number of hydrogen-bond acceptors (Lipinski definition) is 13. The molecule has 0 aromatic heterocycles. The average Bonchev–Trinajstić information content (AvgIpc) is 3.12. The number of benzene rings is 1. The van der Waals surface area contributed by atoms with Gasteiger partial charge in [-0.25, -0.2) is 4.79 Å². The molecular weight excluding hydrogens is 664 g/mol. The molecule has 1 fully saturated rings. The van der Waals surface area contributed by atoms with Crippen LogP contribution in [-0.2, 0) is 43.0 Å². The standard InChI is InChI=1S/C37H38N2O12/c1-16-29(41)19-13-21-28-27-20(30(42)17(2)34(48-6)32(27)44)14-22(38(28)3)37(45)39(21)23(26(19)31(43)33(16)47-5)15-51-25(40)12-10-18-9-11-24(46-4)36(50-8)35(18)49-7/h9-12,21-23,28H,13-15H2,1-8H3/b12-10+/t21-,22-,23-,28-/m0/s1. The van der Waals surface area contributed by atoms with E-state index in [1.165, 1.54) is 60.4 Å². The van der Waals surface area contributed by atoms with Crippen molar-refractivity contribution in [3.63, 3.8) is 0 Å². The minimum atomic E-state index is -1.21. The highest BCUT2D eigenvalue weighted by Crippen LogP contribution is 2.48. The van der Waals surface area contributed by atoms with E-state index in [4.69, 9.17) is 28.4 Å². The lowest BCUT2D eigenvalue weighted by Gasteiger charge is -2.57. The number of likely N-dealkylation sites (N-methyl/N-ethyl adjacent to an activating group) is 1. The minimum absolute atomic E-state index is 0.0124. The molecule has 2 bridgehead atoms. The Kier molecular flexibility index (Phi) is 9.23. The van der Waals surface area contributed by atoms with Crippen molar-refractivity contribution in [1.82, 2.24) is 9.80 Å². The second-order valence-electron chi connectivity index (χ2n) is 12.7. The molecule has 268 valence electrons. The van der Waals surface area contributed by atoms with Crippen molar-refractivity contribution < 1.29 is 57.2 Å². The molecule has 4 atom stereocenters. The Morgan fingerprint density at radius 3 is 1.92 bits per heavy atom. The molecule has 0 N–H and O–H groups in total. The highest BCUT2D eigenvalue weighted by atomic mass is 16.5. The first kappa shape index (κ1) is 35.3. The van der Waals surface area contributed by atoms with E-state index in [2.05, 4.69) is 0 Å². The molecule has 1 amide bonds. The number of ketones is 4. The fourth-order valence-corrected chi connectivity index (χ4v) is 8.00. The Bertz CT molecular complexity index is 1960. The Morgan fingerprint density at radius 1 is 0.765 bits per heavy atom. The monoisotopic (exact) mass is 702 g/mol. The molecule has 0 spiro atoms. The first-order valence-electron chi connectivity index (χ1n) is 16.2. The van der Waals surface area contributed by atoms with E-state index < -0.39 is 60.0 Å². The van der Waals surface area contributed by atoms with Crippen LogP contribution < -0.4 is 14.2 Å². The van der Waals surface area contributed by atoms with Crippen molar-refractivity contribution >= 4 is 41.1 Å². The largest absolute Gasteiger partial charge is 0.493 e. The summed E-state index contributed by atoms with van der Waals surface area (Å²) in [5, 5.41) is 0. The highest BCUT2D eigenvalue weighted by molar-refractivity contribution is 6.27. The fraction of sp³-hybridized carbons (Fsp3) is 0.405. The molecule has 6 rings (SSSR count). The van der Waals surface area contributed by atoms with Crippen LogP contribution in [0.15, 0.2) is 63.2 Å². The second kappa shape index (κ2) is 13.3. The van der Waals surface area contributed by atoms with Gasteiger partial charge >= 0.3 is 5.97 Å². The molecule has 5 aliphatic rings. The van der Waals surface area contributed by atoms with Crippen molar-refractivity contribution in [2.45, 2.75) is 50.9 Å². The number of nitrogens with zero attached hydrogens (tertiary/aromatic N) is 2. The number of fused-ring (bicyclic) bond motifs is 5. The number of carbonyl (C=O) groups excluding carboxylic acids is 6. The summed E-state index contributed by atoms with van der Waals surface area (Å²) in [4.78, 5) is 86.1. The van der Waals surface area contributed by atoms with Gasteiger partial charge in [0.05, 0.1) is 59.7 Å². The molecule has 0 radical (unpaired) electrons. The number of carbonyl (C=O) groups is 6. The van der Waals surface area contributed by atoms with E-state index >= 15 is 0 Å². The minimum Gasteiger partial charge on any atom is -0.493 e. The first-order chi connectivity index (χ1) is 24.4. The zero-order valence-electron chi connectivity index (χ0n) is 29.5. The number of rotatable bonds is 9. The van der Waals surface area contributed by atoms with E-state index in [0.717, 1.165) is 6.08 Å². The number of hydrogen-bond donors (Lipinski definition) is 0. The maximum absolute atomic E-state index is 14.4. The zero-order valence-corrected chi connectivity index (χ0v) is 29.5. The number of ether oxygens (including phenoxy) is 6. The molecule has 0 unspecified atom stereocenters. The number of allylic oxidation sites excluding steroid dienone is 4. The van der Waals surface area contributed by atoms with Gasteiger partial charge in [-0.2, -0.15) is 0 Å². The van der Waals surface area contributed by atoms with Crippen LogP contribution in [0.4, 0.5) is 0 Å². The van der Waals surface area contributed by atoms with Gasteiger partial charge in [0.25, 0.3) is 0 Å². The molecular formula is C37H38N2O12. The molecule has 1 saturated heterocycles. The summed E-state index contributed by atoms with van der Waals surface area (Å²) < 4.78 is 32.6. The summed E-state index contributed by atoms with van der Waals surface area (Å²) in [7, 11) is 8.65. The van der Waals surface area contributed by atoms with Gasteiger partial charge in [-0.05, 0) is 45.5 Å². The topological polar surface area (TPSA) is 164 Å². The van der Waals surface area contributed by atoms with Crippen molar-refractivity contribution in [2.24, 2.45) is 0 Å². The van der Waals surface area contributed by atoms with Gasteiger partial charge in [0.1, 0.15) is 6.61 Å². The number of piperazine rings is 1. The SMILES string of the molecule is COC1=C(C)C(=O)C2=C(C1=O)[C@@H]1[C@@H]3CC4=C(C(=O)C(OC)=C(C)C4=O)[C@H](COC(=O)/C=C/c4ccc(OC)c(OC)c4OC)N3C(=O)[C@H](C2)N1C. The van der Waals surface area contributed by atoms with Gasteiger partial charge in [-0.1, -0.05) is 0 Å². The van der Waals surface area contributed by atoms with Gasteiger partial charge in [-0.3, -0.25) is 28.9 Å². The lowest BCUT2D eigenvalue weighted by Crippen LogP contribution is -2.73. The van der Waals surface area contributed by atoms with Crippen molar-refractivity contribution in [3.8, 4) is 17.2 Å². The Balaban J connectivity index is 1.40.